The lowest BCUT2D eigenvalue weighted by atomic mass is 9.96. The molecular weight excluding hydrogens is 420 g/mol. The number of nitrogens with zero attached hydrogens (tertiary/aromatic N) is 2. The zero-order valence-corrected chi connectivity index (χ0v) is 18.1. The molecule has 0 aliphatic carbocycles. The van der Waals surface area contributed by atoms with Crippen LogP contribution in [0.25, 0.3) is 0 Å². The lowest BCUT2D eigenvalue weighted by Gasteiger charge is -2.44. The van der Waals surface area contributed by atoms with Crippen LogP contribution in [-0.2, 0) is 30.8 Å². The molecule has 29 heavy (non-hydrogen) atoms. The summed E-state index contributed by atoms with van der Waals surface area (Å²) in [5.41, 5.74) is -0.523. The lowest BCUT2D eigenvalue weighted by Crippen LogP contribution is -2.68. The summed E-state index contributed by atoms with van der Waals surface area (Å²) in [4.78, 5) is 38.1. The van der Waals surface area contributed by atoms with E-state index in [0.717, 1.165) is 16.1 Å². The van der Waals surface area contributed by atoms with Crippen LogP contribution in [0.4, 0.5) is 0 Å². The average Bonchev–Trinajstić information content (AvgIpc) is 2.64. The number of benzene rings is 1. The van der Waals surface area contributed by atoms with Crippen LogP contribution in [0.1, 0.15) is 12.5 Å². The third-order valence-corrected chi connectivity index (χ3v) is 6.52. The van der Waals surface area contributed by atoms with E-state index in [1.807, 2.05) is 18.2 Å². The number of carbonyl (C=O) groups is 3. The van der Waals surface area contributed by atoms with Gasteiger partial charge in [-0.15, -0.1) is 0 Å². The van der Waals surface area contributed by atoms with Gasteiger partial charge < -0.3 is 15.5 Å². The molecule has 0 unspecified atom stereocenters. The third kappa shape index (κ3) is 5.68. The summed E-state index contributed by atoms with van der Waals surface area (Å²) in [6.07, 6.45) is 1.52. The molecule has 11 heteroatoms. The summed E-state index contributed by atoms with van der Waals surface area (Å²) < 4.78 is 24.6. The Bertz CT molecular complexity index is 907. The highest BCUT2D eigenvalue weighted by Gasteiger charge is 2.47. The SMILES string of the molecule is CN1C(=O)CN(S(C)(=O)=O)C[C@@]1(C)C(=O)NCC(=O)NCCc1ccccc1Cl. The van der Waals surface area contributed by atoms with Crippen LogP contribution in [0.15, 0.2) is 24.3 Å². The Hall–Kier alpha value is -2.17. The molecule has 160 valence electrons. The van der Waals surface area contributed by atoms with Crippen molar-refractivity contribution in [2.75, 3.05) is 39.5 Å². The predicted molar refractivity (Wildman–Crippen MR) is 109 cm³/mol. The molecule has 1 fully saturated rings. The molecule has 1 heterocycles. The van der Waals surface area contributed by atoms with Crippen LogP contribution in [0, 0.1) is 0 Å². The van der Waals surface area contributed by atoms with E-state index < -0.39 is 33.3 Å². The Morgan fingerprint density at radius 3 is 2.52 bits per heavy atom. The second-order valence-electron chi connectivity index (χ2n) is 7.13. The number of piperazine rings is 1. The van der Waals surface area contributed by atoms with Gasteiger partial charge >= 0.3 is 0 Å². The topological polar surface area (TPSA) is 116 Å². The van der Waals surface area contributed by atoms with Crippen molar-refractivity contribution in [3.8, 4) is 0 Å². The number of amides is 3. The molecule has 1 aliphatic rings. The monoisotopic (exact) mass is 444 g/mol. The molecule has 1 aromatic carbocycles. The zero-order valence-electron chi connectivity index (χ0n) is 16.6. The van der Waals surface area contributed by atoms with Gasteiger partial charge in [-0.05, 0) is 25.0 Å². The van der Waals surface area contributed by atoms with E-state index in [4.69, 9.17) is 11.6 Å². The molecule has 0 aromatic heterocycles. The fourth-order valence-corrected chi connectivity index (χ4v) is 4.01. The summed E-state index contributed by atoms with van der Waals surface area (Å²) in [7, 11) is -2.21. The van der Waals surface area contributed by atoms with Gasteiger partial charge in [0, 0.05) is 25.2 Å². The van der Waals surface area contributed by atoms with Crippen molar-refractivity contribution < 1.29 is 22.8 Å². The molecule has 9 nitrogen and oxygen atoms in total. The van der Waals surface area contributed by atoms with Gasteiger partial charge in [-0.1, -0.05) is 29.8 Å². The molecule has 0 spiro atoms. The summed E-state index contributed by atoms with van der Waals surface area (Å²) in [6, 6.07) is 7.30. The maximum absolute atomic E-state index is 12.7. The highest BCUT2D eigenvalue weighted by molar-refractivity contribution is 7.88. The highest BCUT2D eigenvalue weighted by atomic mass is 35.5. The highest BCUT2D eigenvalue weighted by Crippen LogP contribution is 2.22. The molecule has 2 rings (SSSR count). The number of hydrogen-bond acceptors (Lipinski definition) is 5. The Balaban J connectivity index is 1.90. The fraction of sp³-hybridized carbons (Fsp3) is 0.500. The zero-order chi connectivity index (χ0) is 21.8. The van der Waals surface area contributed by atoms with Crippen LogP contribution in [0.3, 0.4) is 0 Å². The maximum Gasteiger partial charge on any atom is 0.247 e. The first-order chi connectivity index (χ1) is 13.4. The first-order valence-electron chi connectivity index (χ1n) is 8.95. The van der Waals surface area contributed by atoms with Crippen LogP contribution in [0.2, 0.25) is 5.02 Å². The number of rotatable bonds is 7. The van der Waals surface area contributed by atoms with Crippen molar-refractivity contribution in [2.45, 2.75) is 18.9 Å². The van der Waals surface area contributed by atoms with Gasteiger partial charge in [0.25, 0.3) is 0 Å². The molecule has 3 amide bonds. The molecule has 0 saturated carbocycles. The van der Waals surface area contributed by atoms with Crippen molar-refractivity contribution in [3.05, 3.63) is 34.9 Å². The standard InChI is InChI=1S/C18H25ClN4O5S/c1-18(12-23(29(3,27)28)11-16(25)22(18)2)17(26)21-10-15(24)20-9-8-13-6-4-5-7-14(13)19/h4-7H,8-12H2,1-3H3,(H,20,24)(H,21,26)/t18-/m0/s1. The van der Waals surface area contributed by atoms with Crippen LogP contribution in [-0.4, -0.2) is 80.4 Å². The number of likely N-dealkylation sites (N-methyl/N-ethyl adjacent to an activating group) is 1. The normalized spacial score (nSPS) is 20.4. The van der Waals surface area contributed by atoms with Gasteiger partial charge in [-0.25, -0.2) is 8.42 Å². The summed E-state index contributed by atoms with van der Waals surface area (Å²) >= 11 is 6.06. The maximum atomic E-state index is 12.7. The second kappa shape index (κ2) is 9.10. The summed E-state index contributed by atoms with van der Waals surface area (Å²) in [5.74, 6) is -1.51. The Labute approximate surface area is 175 Å². The Kier molecular flexibility index (Phi) is 7.25. The number of nitrogens with one attached hydrogen (secondary N) is 2. The molecule has 1 aromatic rings. The molecule has 0 radical (unpaired) electrons. The molecule has 1 atom stereocenters. The van der Waals surface area contributed by atoms with E-state index in [1.54, 1.807) is 6.07 Å². The molecule has 1 aliphatic heterocycles. The molecular formula is C18H25ClN4O5S. The lowest BCUT2D eigenvalue weighted by molar-refractivity contribution is -0.150. The van der Waals surface area contributed by atoms with E-state index in [1.165, 1.54) is 18.9 Å². The Morgan fingerprint density at radius 1 is 1.24 bits per heavy atom. The molecule has 0 bridgehead atoms. The van der Waals surface area contributed by atoms with Crippen molar-refractivity contribution in [1.29, 1.82) is 0 Å². The van der Waals surface area contributed by atoms with Crippen LogP contribution in [0.5, 0.6) is 0 Å². The van der Waals surface area contributed by atoms with Crippen molar-refractivity contribution in [2.24, 2.45) is 0 Å². The number of carbonyl (C=O) groups excluding carboxylic acids is 3. The van der Waals surface area contributed by atoms with Gasteiger partial charge in [0.2, 0.25) is 27.7 Å². The minimum absolute atomic E-state index is 0.186. The second-order valence-corrected chi connectivity index (χ2v) is 9.52. The van der Waals surface area contributed by atoms with Crippen molar-refractivity contribution in [1.82, 2.24) is 19.8 Å². The van der Waals surface area contributed by atoms with Crippen molar-refractivity contribution >= 4 is 39.3 Å². The fourth-order valence-electron chi connectivity index (χ4n) is 2.95. The Morgan fingerprint density at radius 2 is 1.90 bits per heavy atom. The van der Waals surface area contributed by atoms with Gasteiger partial charge in [0.05, 0.1) is 19.3 Å². The van der Waals surface area contributed by atoms with E-state index in [-0.39, 0.29) is 19.6 Å². The number of sulfonamides is 1. The van der Waals surface area contributed by atoms with Crippen molar-refractivity contribution in [3.63, 3.8) is 0 Å². The van der Waals surface area contributed by atoms with Crippen LogP contribution < -0.4 is 10.6 Å². The smallest absolute Gasteiger partial charge is 0.247 e. The third-order valence-electron chi connectivity index (χ3n) is 4.95. The van der Waals surface area contributed by atoms with E-state index in [0.29, 0.717) is 18.0 Å². The largest absolute Gasteiger partial charge is 0.354 e. The first kappa shape index (κ1) is 23.1. The molecule has 2 N–H and O–H groups in total. The van der Waals surface area contributed by atoms with Gasteiger partial charge in [0.15, 0.2) is 0 Å². The van der Waals surface area contributed by atoms with Gasteiger partial charge in [-0.2, -0.15) is 4.31 Å². The average molecular weight is 445 g/mol. The summed E-state index contributed by atoms with van der Waals surface area (Å²) in [6.45, 7) is 1.01. The van der Waals surface area contributed by atoms with E-state index in [9.17, 15) is 22.8 Å². The molecule has 1 saturated heterocycles. The van der Waals surface area contributed by atoms with Gasteiger partial charge in [-0.3, -0.25) is 14.4 Å². The minimum Gasteiger partial charge on any atom is -0.354 e. The number of hydrogen-bond donors (Lipinski definition) is 2. The minimum atomic E-state index is -3.64. The predicted octanol–water partition coefficient (Wildman–Crippen LogP) is -0.393. The van der Waals surface area contributed by atoms with Gasteiger partial charge in [0.1, 0.15) is 5.54 Å². The van der Waals surface area contributed by atoms with Crippen LogP contribution >= 0.6 is 11.6 Å². The van der Waals surface area contributed by atoms with E-state index >= 15 is 0 Å². The first-order valence-corrected chi connectivity index (χ1v) is 11.2. The summed E-state index contributed by atoms with van der Waals surface area (Å²) in [5, 5.41) is 5.78. The number of halogens is 1. The van der Waals surface area contributed by atoms with E-state index in [2.05, 4.69) is 10.6 Å². The quantitative estimate of drug-likeness (QED) is 0.594.